The lowest BCUT2D eigenvalue weighted by atomic mass is 10.1. The largest absolute Gasteiger partial charge is 0.457 e. The van der Waals surface area contributed by atoms with E-state index in [4.69, 9.17) is 4.74 Å². The predicted molar refractivity (Wildman–Crippen MR) is 97.9 cm³/mol. The second-order valence-electron chi connectivity index (χ2n) is 6.14. The van der Waals surface area contributed by atoms with Crippen molar-refractivity contribution in [3.8, 4) is 0 Å². The van der Waals surface area contributed by atoms with Crippen LogP contribution in [0.25, 0.3) is 0 Å². The number of hydrogen-bond acceptors (Lipinski definition) is 7. The van der Waals surface area contributed by atoms with Gasteiger partial charge in [0.15, 0.2) is 6.61 Å². The molecule has 0 radical (unpaired) electrons. The topological polar surface area (TPSA) is 107 Å². The van der Waals surface area contributed by atoms with Crippen LogP contribution in [0, 0.1) is 23.0 Å². The fourth-order valence-electron chi connectivity index (χ4n) is 2.84. The monoisotopic (exact) mass is 388 g/mol. The molecule has 1 atom stereocenters. The molecule has 9 heteroatoms. The van der Waals surface area contributed by atoms with Crippen LogP contribution in [0.5, 0.6) is 0 Å². The number of thiophene rings is 1. The van der Waals surface area contributed by atoms with Gasteiger partial charge in [-0.2, -0.15) is 0 Å². The highest BCUT2D eigenvalue weighted by Crippen LogP contribution is 2.30. The number of amides is 1. The fraction of sp³-hybridized carbons (Fsp3) is 0.278. The van der Waals surface area contributed by atoms with Crippen LogP contribution in [0.15, 0.2) is 35.7 Å². The zero-order valence-corrected chi connectivity index (χ0v) is 15.2. The van der Waals surface area contributed by atoms with E-state index in [1.54, 1.807) is 36.6 Å². The molecule has 1 aliphatic heterocycles. The summed E-state index contributed by atoms with van der Waals surface area (Å²) in [7, 11) is 0. The second-order valence-corrected chi connectivity index (χ2v) is 7.09. The molecule has 0 spiro atoms. The molecule has 0 unspecified atom stereocenters. The molecule has 2 aromatic rings. The summed E-state index contributed by atoms with van der Waals surface area (Å²) >= 11 is 1.26. The van der Waals surface area contributed by atoms with Gasteiger partial charge in [0.05, 0.1) is 21.4 Å². The zero-order chi connectivity index (χ0) is 19.6. The Labute approximate surface area is 158 Å². The van der Waals surface area contributed by atoms with Crippen LogP contribution in [0.3, 0.4) is 0 Å². The van der Waals surface area contributed by atoms with Crippen LogP contribution in [0.2, 0.25) is 0 Å². The highest BCUT2D eigenvalue weighted by molar-refractivity contribution is 7.12. The highest BCUT2D eigenvalue weighted by Gasteiger charge is 2.37. The summed E-state index contributed by atoms with van der Waals surface area (Å²) in [6.45, 7) is 1.30. The van der Waals surface area contributed by atoms with Crippen LogP contribution in [-0.2, 0) is 14.3 Å². The average molecular weight is 388 g/mol. The summed E-state index contributed by atoms with van der Waals surface area (Å²) < 4.78 is 5.06. The van der Waals surface area contributed by atoms with Crippen LogP contribution in [-0.4, -0.2) is 35.7 Å². The lowest BCUT2D eigenvalue weighted by Crippen LogP contribution is -2.27. The number of hydrogen-bond donors (Lipinski definition) is 0. The number of benzene rings is 1. The first kappa shape index (κ1) is 18.7. The number of anilines is 1. The summed E-state index contributed by atoms with van der Waals surface area (Å²) in [5.74, 6) is -1.96. The van der Waals surface area contributed by atoms with E-state index in [1.807, 2.05) is 0 Å². The maximum absolute atomic E-state index is 12.3. The number of aryl methyl sites for hydroxylation is 1. The van der Waals surface area contributed by atoms with E-state index >= 15 is 0 Å². The van der Waals surface area contributed by atoms with Gasteiger partial charge in [-0.3, -0.25) is 24.5 Å². The standard InChI is InChI=1S/C18H16N2O6S/c1-11-4-5-13(8-14(11)20(24)25)19-9-12(7-17(19)22)18(23)26-10-15(21)16-3-2-6-27-16/h2-6,8,12H,7,9-10H2,1H3/t12-/m1/s1. The van der Waals surface area contributed by atoms with Gasteiger partial charge in [0.25, 0.3) is 5.69 Å². The van der Waals surface area contributed by atoms with E-state index in [0.29, 0.717) is 16.1 Å². The van der Waals surface area contributed by atoms with E-state index in [2.05, 4.69) is 0 Å². The molecule has 140 valence electrons. The van der Waals surface area contributed by atoms with E-state index in [0.717, 1.165) is 0 Å². The number of nitrogens with zero attached hydrogens (tertiary/aromatic N) is 2. The Morgan fingerprint density at radius 1 is 1.37 bits per heavy atom. The Kier molecular flexibility index (Phi) is 5.31. The number of carbonyl (C=O) groups excluding carboxylic acids is 3. The molecule has 1 fully saturated rings. The molecule has 0 N–H and O–H groups in total. The molecule has 0 bridgehead atoms. The van der Waals surface area contributed by atoms with Gasteiger partial charge >= 0.3 is 5.97 Å². The first-order valence-electron chi connectivity index (χ1n) is 8.15. The van der Waals surface area contributed by atoms with Crippen molar-refractivity contribution >= 4 is 40.4 Å². The van der Waals surface area contributed by atoms with Gasteiger partial charge in [-0.05, 0) is 24.4 Å². The van der Waals surface area contributed by atoms with E-state index in [9.17, 15) is 24.5 Å². The summed E-state index contributed by atoms with van der Waals surface area (Å²) in [6.07, 6.45) is -0.0618. The van der Waals surface area contributed by atoms with Crippen LogP contribution >= 0.6 is 11.3 Å². The summed E-state index contributed by atoms with van der Waals surface area (Å²) in [6, 6.07) is 7.86. The molecule has 1 aromatic heterocycles. The number of Topliss-reactive ketones (excluding diaryl/α,β-unsaturated/α-hetero) is 1. The minimum absolute atomic E-state index is 0.0606. The molecule has 2 heterocycles. The minimum atomic E-state index is -0.714. The highest BCUT2D eigenvalue weighted by atomic mass is 32.1. The number of rotatable bonds is 6. The van der Waals surface area contributed by atoms with Crippen molar-refractivity contribution in [1.82, 2.24) is 0 Å². The third-order valence-electron chi connectivity index (χ3n) is 4.30. The molecule has 1 amide bonds. The molecular weight excluding hydrogens is 372 g/mol. The Balaban J connectivity index is 1.65. The van der Waals surface area contributed by atoms with Crippen molar-refractivity contribution in [2.45, 2.75) is 13.3 Å². The van der Waals surface area contributed by atoms with Gasteiger partial charge in [0.1, 0.15) is 0 Å². The molecule has 27 heavy (non-hydrogen) atoms. The van der Waals surface area contributed by atoms with Crippen molar-refractivity contribution in [3.05, 3.63) is 56.3 Å². The maximum Gasteiger partial charge on any atom is 0.311 e. The molecular formula is C18H16N2O6S. The number of nitro benzene ring substituents is 1. The minimum Gasteiger partial charge on any atom is -0.457 e. The second kappa shape index (κ2) is 7.67. The zero-order valence-electron chi connectivity index (χ0n) is 14.4. The quantitative estimate of drug-likeness (QED) is 0.326. The third kappa shape index (κ3) is 4.03. The van der Waals surface area contributed by atoms with Crippen molar-refractivity contribution in [3.63, 3.8) is 0 Å². The number of carbonyl (C=O) groups is 3. The van der Waals surface area contributed by atoms with Gasteiger partial charge in [-0.25, -0.2) is 0 Å². The summed E-state index contributed by atoms with van der Waals surface area (Å²) in [5, 5.41) is 12.8. The first-order chi connectivity index (χ1) is 12.9. The van der Waals surface area contributed by atoms with Crippen molar-refractivity contribution < 1.29 is 24.0 Å². The van der Waals surface area contributed by atoms with Crippen LogP contribution in [0.1, 0.15) is 21.7 Å². The van der Waals surface area contributed by atoms with Crippen molar-refractivity contribution in [2.24, 2.45) is 5.92 Å². The molecule has 1 aliphatic rings. The summed E-state index contributed by atoms with van der Waals surface area (Å²) in [5.41, 5.74) is 0.758. The van der Waals surface area contributed by atoms with Crippen molar-refractivity contribution in [2.75, 3.05) is 18.1 Å². The molecule has 1 aromatic carbocycles. The van der Waals surface area contributed by atoms with Crippen LogP contribution < -0.4 is 4.90 Å². The van der Waals surface area contributed by atoms with Gasteiger partial charge < -0.3 is 9.64 Å². The Bertz CT molecular complexity index is 909. The average Bonchev–Trinajstić information content (AvgIpc) is 3.29. The number of nitro groups is 1. The number of ketones is 1. The Hall–Kier alpha value is -3.07. The van der Waals surface area contributed by atoms with Gasteiger partial charge in [0, 0.05) is 24.6 Å². The smallest absolute Gasteiger partial charge is 0.311 e. The third-order valence-corrected chi connectivity index (χ3v) is 5.21. The van der Waals surface area contributed by atoms with E-state index in [-0.39, 0.29) is 37.0 Å². The Morgan fingerprint density at radius 2 is 2.15 bits per heavy atom. The summed E-state index contributed by atoms with van der Waals surface area (Å²) in [4.78, 5) is 48.8. The Morgan fingerprint density at radius 3 is 2.81 bits per heavy atom. The molecule has 0 saturated carbocycles. The van der Waals surface area contributed by atoms with Crippen molar-refractivity contribution in [1.29, 1.82) is 0 Å². The van der Waals surface area contributed by atoms with Gasteiger partial charge in [-0.15, -0.1) is 11.3 Å². The maximum atomic E-state index is 12.3. The number of esters is 1. The van der Waals surface area contributed by atoms with E-state index in [1.165, 1.54) is 22.3 Å². The van der Waals surface area contributed by atoms with Gasteiger partial charge in [-0.1, -0.05) is 12.1 Å². The molecule has 3 rings (SSSR count). The molecule has 0 aliphatic carbocycles. The molecule has 1 saturated heterocycles. The SMILES string of the molecule is Cc1ccc(N2C[C@H](C(=O)OCC(=O)c3cccs3)CC2=O)cc1[N+](=O)[O-]. The van der Waals surface area contributed by atoms with Gasteiger partial charge in [0.2, 0.25) is 11.7 Å². The lowest BCUT2D eigenvalue weighted by molar-refractivity contribution is -0.385. The number of ether oxygens (including phenoxy) is 1. The molecule has 8 nitrogen and oxygen atoms in total. The normalized spacial score (nSPS) is 16.4. The first-order valence-corrected chi connectivity index (χ1v) is 9.03. The van der Waals surface area contributed by atoms with Crippen LogP contribution in [0.4, 0.5) is 11.4 Å². The lowest BCUT2D eigenvalue weighted by Gasteiger charge is -2.16. The fourth-order valence-corrected chi connectivity index (χ4v) is 3.49. The predicted octanol–water partition coefficient (Wildman–Crippen LogP) is 2.74. The van der Waals surface area contributed by atoms with E-state index < -0.39 is 16.8 Å².